The molecule has 0 radical (unpaired) electrons. The number of aryl methyl sites for hydroxylation is 1. The molecule has 0 aliphatic heterocycles. The van der Waals surface area contributed by atoms with Crippen molar-refractivity contribution in [2.75, 3.05) is 0 Å². The molecule has 0 heterocycles. The number of benzene rings is 1. The normalized spacial score (nSPS) is 10.8. The molecular weight excluding hydrogens is 205 g/mol. The molecule has 0 fully saturated rings. The predicted octanol–water partition coefficient (Wildman–Crippen LogP) is 3.53. The maximum atomic E-state index is 13.4. The van der Waals surface area contributed by atoms with Crippen LogP contribution in [-0.2, 0) is 6.42 Å². The molecule has 0 amide bonds. The van der Waals surface area contributed by atoms with Crippen LogP contribution in [-0.4, -0.2) is 5.78 Å². The van der Waals surface area contributed by atoms with Crippen LogP contribution >= 0.6 is 0 Å². The van der Waals surface area contributed by atoms with Crippen molar-refractivity contribution in [2.24, 2.45) is 0 Å². The number of hydrogen-bond acceptors (Lipinski definition) is 1. The van der Waals surface area contributed by atoms with Crippen molar-refractivity contribution in [2.45, 2.75) is 26.7 Å². The van der Waals surface area contributed by atoms with E-state index in [9.17, 15) is 18.0 Å². The summed E-state index contributed by atoms with van der Waals surface area (Å²) in [5.41, 5.74) is -0.547. The quantitative estimate of drug-likeness (QED) is 0.706. The van der Waals surface area contributed by atoms with Crippen LogP contribution in [0.25, 0.3) is 0 Å². The number of alkyl halides is 2. The summed E-state index contributed by atoms with van der Waals surface area (Å²) >= 11 is 0. The third kappa shape index (κ3) is 2.37. The van der Waals surface area contributed by atoms with Crippen LogP contribution < -0.4 is 0 Å². The Bertz CT molecular complexity index is 386. The van der Waals surface area contributed by atoms with Gasteiger partial charge in [-0.2, -0.15) is 0 Å². The lowest BCUT2D eigenvalue weighted by Crippen LogP contribution is -2.05. The van der Waals surface area contributed by atoms with Crippen molar-refractivity contribution in [1.82, 2.24) is 0 Å². The first kappa shape index (κ1) is 11.8. The molecule has 0 aliphatic carbocycles. The molecule has 0 spiro atoms. The monoisotopic (exact) mass is 216 g/mol. The highest BCUT2D eigenvalue weighted by molar-refractivity contribution is 5.96. The summed E-state index contributed by atoms with van der Waals surface area (Å²) in [6.45, 7) is 2.81. The summed E-state index contributed by atoms with van der Waals surface area (Å²) in [5, 5.41) is 0. The fraction of sp³-hybridized carbons (Fsp3) is 0.364. The van der Waals surface area contributed by atoms with E-state index in [-0.39, 0.29) is 0 Å². The Morgan fingerprint density at radius 2 is 2.00 bits per heavy atom. The summed E-state index contributed by atoms with van der Waals surface area (Å²) < 4.78 is 38.5. The molecule has 4 heteroatoms. The second kappa shape index (κ2) is 4.47. The van der Waals surface area contributed by atoms with E-state index in [1.54, 1.807) is 6.92 Å². The highest BCUT2D eigenvalue weighted by atomic mass is 19.3. The van der Waals surface area contributed by atoms with Gasteiger partial charge in [0.15, 0.2) is 5.78 Å². The minimum atomic E-state index is -2.83. The molecule has 0 unspecified atom stereocenters. The molecule has 0 N–H and O–H groups in total. The van der Waals surface area contributed by atoms with E-state index < -0.39 is 29.2 Å². The summed E-state index contributed by atoms with van der Waals surface area (Å²) in [6.07, 6.45) is -2.38. The summed E-state index contributed by atoms with van der Waals surface area (Å²) in [6, 6.07) is 2.31. The Morgan fingerprint density at radius 3 is 2.40 bits per heavy atom. The lowest BCUT2D eigenvalue weighted by molar-refractivity contribution is 0.0994. The molecule has 15 heavy (non-hydrogen) atoms. The first-order valence-corrected chi connectivity index (χ1v) is 4.58. The lowest BCUT2D eigenvalue weighted by atomic mass is 9.99. The fourth-order valence-corrected chi connectivity index (χ4v) is 1.43. The van der Waals surface area contributed by atoms with Crippen LogP contribution in [0, 0.1) is 5.82 Å². The summed E-state index contributed by atoms with van der Waals surface area (Å²) in [7, 11) is 0. The minimum Gasteiger partial charge on any atom is -0.294 e. The van der Waals surface area contributed by atoms with E-state index in [0.29, 0.717) is 12.0 Å². The number of rotatable bonds is 3. The van der Waals surface area contributed by atoms with Gasteiger partial charge in [0.1, 0.15) is 5.82 Å². The van der Waals surface area contributed by atoms with Gasteiger partial charge in [-0.05, 0) is 31.0 Å². The van der Waals surface area contributed by atoms with Gasteiger partial charge in [0.05, 0.1) is 5.56 Å². The van der Waals surface area contributed by atoms with Crippen molar-refractivity contribution < 1.29 is 18.0 Å². The Hall–Kier alpha value is -1.32. The zero-order chi connectivity index (χ0) is 11.6. The molecular formula is C11H11F3O. The van der Waals surface area contributed by atoms with Gasteiger partial charge >= 0.3 is 0 Å². The average Bonchev–Trinajstić information content (AvgIpc) is 2.15. The van der Waals surface area contributed by atoms with Crippen LogP contribution in [0.3, 0.4) is 0 Å². The first-order chi connectivity index (χ1) is 6.97. The Labute approximate surface area is 85.9 Å². The lowest BCUT2D eigenvalue weighted by Gasteiger charge is -2.09. The van der Waals surface area contributed by atoms with E-state index in [1.165, 1.54) is 6.07 Å². The minimum absolute atomic E-state index is 0.453. The molecule has 82 valence electrons. The first-order valence-electron chi connectivity index (χ1n) is 4.58. The van der Waals surface area contributed by atoms with Crippen molar-refractivity contribution in [3.05, 3.63) is 34.6 Å². The van der Waals surface area contributed by atoms with E-state index in [1.807, 2.05) is 0 Å². The number of hydrogen-bond donors (Lipinski definition) is 0. The molecule has 0 aromatic heterocycles. The Kier molecular flexibility index (Phi) is 3.50. The van der Waals surface area contributed by atoms with Crippen LogP contribution in [0.2, 0.25) is 0 Å². The SMILES string of the molecule is CCc1cc(F)c(C(C)=O)c(C(F)F)c1. The Balaban J connectivity index is 3.42. The van der Waals surface area contributed by atoms with E-state index >= 15 is 0 Å². The van der Waals surface area contributed by atoms with Gasteiger partial charge in [-0.15, -0.1) is 0 Å². The predicted molar refractivity (Wildman–Crippen MR) is 50.7 cm³/mol. The van der Waals surface area contributed by atoms with Gasteiger partial charge < -0.3 is 0 Å². The van der Waals surface area contributed by atoms with Crippen molar-refractivity contribution in [3.8, 4) is 0 Å². The molecule has 1 aromatic carbocycles. The highest BCUT2D eigenvalue weighted by Gasteiger charge is 2.20. The third-order valence-corrected chi connectivity index (χ3v) is 2.18. The number of halogens is 3. The van der Waals surface area contributed by atoms with Crippen molar-refractivity contribution in [3.63, 3.8) is 0 Å². The van der Waals surface area contributed by atoms with Gasteiger partial charge in [-0.25, -0.2) is 13.2 Å². The summed E-state index contributed by atoms with van der Waals surface area (Å²) in [5.74, 6) is -1.54. The van der Waals surface area contributed by atoms with Crippen molar-refractivity contribution >= 4 is 5.78 Å². The van der Waals surface area contributed by atoms with E-state index in [2.05, 4.69) is 0 Å². The number of ketones is 1. The maximum Gasteiger partial charge on any atom is 0.264 e. The van der Waals surface area contributed by atoms with Crippen LogP contribution in [0.1, 0.15) is 41.8 Å². The molecule has 1 rings (SSSR count). The average molecular weight is 216 g/mol. The van der Waals surface area contributed by atoms with Crippen LogP contribution in [0.5, 0.6) is 0 Å². The smallest absolute Gasteiger partial charge is 0.264 e. The molecule has 0 saturated carbocycles. The largest absolute Gasteiger partial charge is 0.294 e. The molecule has 0 bridgehead atoms. The molecule has 0 saturated heterocycles. The van der Waals surface area contributed by atoms with Crippen LogP contribution in [0.15, 0.2) is 12.1 Å². The Morgan fingerprint density at radius 1 is 1.40 bits per heavy atom. The van der Waals surface area contributed by atoms with Gasteiger partial charge in [0, 0.05) is 5.56 Å². The molecule has 0 atom stereocenters. The fourth-order valence-electron chi connectivity index (χ4n) is 1.43. The second-order valence-corrected chi connectivity index (χ2v) is 3.25. The van der Waals surface area contributed by atoms with Gasteiger partial charge in [0.25, 0.3) is 6.43 Å². The highest BCUT2D eigenvalue weighted by Crippen LogP contribution is 2.27. The zero-order valence-electron chi connectivity index (χ0n) is 8.48. The molecule has 1 nitrogen and oxygen atoms in total. The zero-order valence-corrected chi connectivity index (χ0v) is 8.48. The molecule has 0 aliphatic rings. The number of carbonyl (C=O) groups is 1. The number of carbonyl (C=O) groups excluding carboxylic acids is 1. The van der Waals surface area contributed by atoms with E-state index in [4.69, 9.17) is 0 Å². The molecule has 1 aromatic rings. The van der Waals surface area contributed by atoms with E-state index in [0.717, 1.165) is 13.0 Å². The van der Waals surface area contributed by atoms with Crippen molar-refractivity contribution in [1.29, 1.82) is 0 Å². The maximum absolute atomic E-state index is 13.4. The second-order valence-electron chi connectivity index (χ2n) is 3.25. The van der Waals surface area contributed by atoms with Gasteiger partial charge in [-0.1, -0.05) is 6.92 Å². The number of Topliss-reactive ketones (excluding diaryl/α,β-unsaturated/α-hetero) is 1. The summed E-state index contributed by atoms with van der Waals surface area (Å²) in [4.78, 5) is 11.0. The third-order valence-electron chi connectivity index (χ3n) is 2.18. The topological polar surface area (TPSA) is 17.1 Å². The standard InChI is InChI=1S/C11H11F3O/c1-3-7-4-8(11(13)14)10(6(2)15)9(12)5-7/h4-5,11H,3H2,1-2H3. The van der Waals surface area contributed by atoms with Gasteiger partial charge in [-0.3, -0.25) is 4.79 Å². The van der Waals surface area contributed by atoms with Crippen LogP contribution in [0.4, 0.5) is 13.2 Å². The van der Waals surface area contributed by atoms with Gasteiger partial charge in [0.2, 0.25) is 0 Å².